The van der Waals surface area contributed by atoms with E-state index in [1.165, 1.54) is 0 Å². The molecule has 0 spiro atoms. The Morgan fingerprint density at radius 2 is 2.00 bits per heavy atom. The summed E-state index contributed by atoms with van der Waals surface area (Å²) in [4.78, 5) is 10.9. The maximum absolute atomic E-state index is 5.98. The van der Waals surface area contributed by atoms with E-state index in [2.05, 4.69) is 50.7 Å². The smallest absolute Gasteiger partial charge is 0.191 e. The number of hydrogen-bond acceptors (Lipinski definition) is 3. The van der Waals surface area contributed by atoms with E-state index in [4.69, 9.17) is 5.73 Å². The lowest BCUT2D eigenvalue weighted by atomic mass is 10.3. The molecule has 0 saturated heterocycles. The quantitative estimate of drug-likeness (QED) is 0.515. The Kier molecular flexibility index (Phi) is 6.33. The minimum Gasteiger partial charge on any atom is -0.370 e. The number of rotatable bonds is 5. The van der Waals surface area contributed by atoms with Gasteiger partial charge in [-0.1, -0.05) is 20.8 Å². The summed E-state index contributed by atoms with van der Waals surface area (Å²) in [6.07, 6.45) is 1.84. The number of guanidine groups is 1. The van der Waals surface area contributed by atoms with Gasteiger partial charge in [0, 0.05) is 24.0 Å². The third-order valence-corrected chi connectivity index (χ3v) is 3.77. The van der Waals surface area contributed by atoms with Gasteiger partial charge < -0.3 is 10.6 Å². The van der Waals surface area contributed by atoms with Gasteiger partial charge >= 0.3 is 0 Å². The lowest BCUT2D eigenvalue weighted by molar-refractivity contribution is 0.458. The van der Waals surface area contributed by atoms with E-state index >= 15 is 0 Å². The van der Waals surface area contributed by atoms with Gasteiger partial charge in [-0.2, -0.15) is 0 Å². The molecule has 0 aliphatic rings. The molecule has 0 aromatic carbocycles. The zero-order valence-electron chi connectivity index (χ0n) is 13.2. The van der Waals surface area contributed by atoms with E-state index in [0.717, 1.165) is 23.7 Å². The van der Waals surface area contributed by atoms with E-state index < -0.39 is 0 Å². The highest BCUT2D eigenvalue weighted by atomic mass is 32.2. The van der Waals surface area contributed by atoms with Gasteiger partial charge in [-0.3, -0.25) is 0 Å². The minimum atomic E-state index is 0.162. The number of nitrogens with two attached hydrogens (primary N) is 1. The van der Waals surface area contributed by atoms with Crippen molar-refractivity contribution in [3.63, 3.8) is 0 Å². The normalized spacial score (nSPS) is 12.6. The van der Waals surface area contributed by atoms with Crippen molar-refractivity contribution in [3.8, 4) is 0 Å². The standard InChI is InChI=1S/C15H26N4S/c1-6-19(7-2)14(16)18-11-12-8-9-17-13(10-12)20-15(3,4)5/h8-10H,6-7,11H2,1-5H3,(H2,16,18). The van der Waals surface area contributed by atoms with Crippen molar-refractivity contribution in [2.75, 3.05) is 13.1 Å². The largest absolute Gasteiger partial charge is 0.370 e. The molecule has 0 radical (unpaired) electrons. The van der Waals surface area contributed by atoms with Crippen LogP contribution < -0.4 is 5.73 Å². The molecular formula is C15H26N4S. The maximum Gasteiger partial charge on any atom is 0.191 e. The van der Waals surface area contributed by atoms with Crippen LogP contribution in [-0.4, -0.2) is 33.7 Å². The Hall–Kier alpha value is -1.23. The molecule has 0 atom stereocenters. The van der Waals surface area contributed by atoms with E-state index in [-0.39, 0.29) is 4.75 Å². The van der Waals surface area contributed by atoms with Crippen molar-refractivity contribution < 1.29 is 0 Å². The zero-order valence-corrected chi connectivity index (χ0v) is 14.0. The van der Waals surface area contributed by atoms with Crippen LogP contribution in [0.4, 0.5) is 0 Å². The third-order valence-electron chi connectivity index (χ3n) is 2.72. The Balaban J connectivity index is 2.74. The predicted octanol–water partition coefficient (Wildman–Crippen LogP) is 3.13. The van der Waals surface area contributed by atoms with Crippen molar-refractivity contribution in [1.29, 1.82) is 0 Å². The van der Waals surface area contributed by atoms with Crippen LogP contribution in [-0.2, 0) is 6.54 Å². The van der Waals surface area contributed by atoms with Crippen molar-refractivity contribution in [1.82, 2.24) is 9.88 Å². The highest BCUT2D eigenvalue weighted by molar-refractivity contribution is 8.00. The SMILES string of the molecule is CCN(CC)C(N)=NCc1ccnc(SC(C)(C)C)c1. The van der Waals surface area contributed by atoms with Gasteiger partial charge in [-0.15, -0.1) is 11.8 Å². The van der Waals surface area contributed by atoms with Gasteiger partial charge in [0.15, 0.2) is 5.96 Å². The average Bonchev–Trinajstić information content (AvgIpc) is 2.36. The Bertz CT molecular complexity index is 447. The fourth-order valence-corrected chi connectivity index (χ4v) is 2.69. The summed E-state index contributed by atoms with van der Waals surface area (Å²) in [6, 6.07) is 4.08. The molecule has 112 valence electrons. The lowest BCUT2D eigenvalue weighted by Gasteiger charge is -2.19. The highest BCUT2D eigenvalue weighted by Gasteiger charge is 2.13. The number of aliphatic imine (C=N–C) groups is 1. The van der Waals surface area contributed by atoms with E-state index in [9.17, 15) is 0 Å². The van der Waals surface area contributed by atoms with Crippen molar-refractivity contribution in [3.05, 3.63) is 23.9 Å². The van der Waals surface area contributed by atoms with Gasteiger partial charge in [-0.25, -0.2) is 9.98 Å². The molecule has 1 aromatic rings. The molecule has 5 heteroatoms. The Morgan fingerprint density at radius 1 is 1.35 bits per heavy atom. The average molecular weight is 294 g/mol. The zero-order chi connectivity index (χ0) is 15.2. The van der Waals surface area contributed by atoms with Gasteiger partial charge in [0.2, 0.25) is 0 Å². The van der Waals surface area contributed by atoms with Crippen molar-refractivity contribution in [2.45, 2.75) is 50.9 Å². The first kappa shape index (κ1) is 16.8. The molecule has 20 heavy (non-hydrogen) atoms. The summed E-state index contributed by atoms with van der Waals surface area (Å²) in [6.45, 7) is 13.1. The first-order valence-corrected chi connectivity index (χ1v) is 7.86. The fourth-order valence-electron chi connectivity index (χ4n) is 1.74. The highest BCUT2D eigenvalue weighted by Crippen LogP contribution is 2.30. The lowest BCUT2D eigenvalue weighted by Crippen LogP contribution is -2.37. The molecule has 0 aliphatic carbocycles. The fraction of sp³-hybridized carbons (Fsp3) is 0.600. The number of thioether (sulfide) groups is 1. The number of aromatic nitrogens is 1. The first-order valence-electron chi connectivity index (χ1n) is 7.04. The third kappa shape index (κ3) is 5.82. The maximum atomic E-state index is 5.98. The second-order valence-corrected chi connectivity index (χ2v) is 7.41. The minimum absolute atomic E-state index is 0.162. The molecule has 1 heterocycles. The van der Waals surface area contributed by atoms with E-state index in [1.807, 2.05) is 17.2 Å². The van der Waals surface area contributed by atoms with Crippen LogP contribution in [0, 0.1) is 0 Å². The van der Waals surface area contributed by atoms with Crippen LogP contribution in [0.5, 0.6) is 0 Å². The summed E-state index contributed by atoms with van der Waals surface area (Å²) >= 11 is 1.76. The van der Waals surface area contributed by atoms with E-state index in [1.54, 1.807) is 11.8 Å². The molecule has 2 N–H and O–H groups in total. The van der Waals surface area contributed by atoms with Gasteiger partial charge in [0.05, 0.1) is 11.6 Å². The molecule has 0 unspecified atom stereocenters. The molecule has 1 rings (SSSR count). The molecule has 4 nitrogen and oxygen atoms in total. The van der Waals surface area contributed by atoms with E-state index in [0.29, 0.717) is 12.5 Å². The molecule has 1 aromatic heterocycles. The Labute approximate surface area is 126 Å². The van der Waals surface area contributed by atoms with Crippen LogP contribution in [0.25, 0.3) is 0 Å². The van der Waals surface area contributed by atoms with Gasteiger partial charge in [0.1, 0.15) is 0 Å². The summed E-state index contributed by atoms with van der Waals surface area (Å²) in [5.41, 5.74) is 7.12. The topological polar surface area (TPSA) is 54.5 Å². The molecular weight excluding hydrogens is 268 g/mol. The molecule has 0 amide bonds. The van der Waals surface area contributed by atoms with Crippen LogP contribution in [0.3, 0.4) is 0 Å². The number of pyridine rings is 1. The second-order valence-electron chi connectivity index (χ2n) is 5.56. The summed E-state index contributed by atoms with van der Waals surface area (Å²) in [5, 5.41) is 1.03. The molecule has 0 saturated carbocycles. The second kappa shape index (κ2) is 7.53. The van der Waals surface area contributed by atoms with Crippen molar-refractivity contribution >= 4 is 17.7 Å². The number of hydrogen-bond donors (Lipinski definition) is 1. The Morgan fingerprint density at radius 3 is 2.55 bits per heavy atom. The van der Waals surface area contributed by atoms with Crippen molar-refractivity contribution in [2.24, 2.45) is 10.7 Å². The van der Waals surface area contributed by atoms with Crippen LogP contribution in [0.1, 0.15) is 40.2 Å². The number of nitrogens with zero attached hydrogens (tertiary/aromatic N) is 3. The molecule has 0 fully saturated rings. The van der Waals surface area contributed by atoms with Crippen LogP contribution in [0.15, 0.2) is 28.3 Å². The molecule has 0 aliphatic heterocycles. The first-order chi connectivity index (χ1) is 9.35. The predicted molar refractivity (Wildman–Crippen MR) is 88.1 cm³/mol. The van der Waals surface area contributed by atoms with Crippen LogP contribution in [0.2, 0.25) is 0 Å². The summed E-state index contributed by atoms with van der Waals surface area (Å²) in [5.74, 6) is 0.608. The van der Waals surface area contributed by atoms with Gasteiger partial charge in [-0.05, 0) is 31.5 Å². The summed E-state index contributed by atoms with van der Waals surface area (Å²) < 4.78 is 0.162. The summed E-state index contributed by atoms with van der Waals surface area (Å²) in [7, 11) is 0. The van der Waals surface area contributed by atoms with Gasteiger partial charge in [0.25, 0.3) is 0 Å². The monoisotopic (exact) mass is 294 g/mol. The van der Waals surface area contributed by atoms with Crippen LogP contribution >= 0.6 is 11.8 Å². The molecule has 0 bridgehead atoms.